The Balaban J connectivity index is 2.10. The average Bonchev–Trinajstić information content (AvgIpc) is 2.63. The molecule has 0 aliphatic heterocycles. The molecule has 6 nitrogen and oxygen atoms in total. The van der Waals surface area contributed by atoms with E-state index in [0.29, 0.717) is 18.1 Å². The molecule has 0 aliphatic carbocycles. The summed E-state index contributed by atoms with van der Waals surface area (Å²) in [5, 5.41) is 3.13. The van der Waals surface area contributed by atoms with Crippen LogP contribution in [0.4, 0.5) is 11.6 Å². The number of aromatic nitrogens is 2. The number of rotatable bonds is 9. The monoisotopic (exact) mass is 342 g/mol. The third-order valence-electron chi connectivity index (χ3n) is 3.61. The van der Waals surface area contributed by atoms with Gasteiger partial charge in [-0.15, -0.1) is 0 Å². The zero-order chi connectivity index (χ0) is 18.1. The zero-order valence-corrected chi connectivity index (χ0v) is 15.2. The summed E-state index contributed by atoms with van der Waals surface area (Å²) in [4.78, 5) is 22.9. The van der Waals surface area contributed by atoms with Crippen LogP contribution in [0.5, 0.6) is 5.75 Å². The van der Waals surface area contributed by atoms with Crippen LogP contribution in [0.2, 0.25) is 0 Å². The summed E-state index contributed by atoms with van der Waals surface area (Å²) in [6.45, 7) is 8.14. The fourth-order valence-electron chi connectivity index (χ4n) is 2.51. The van der Waals surface area contributed by atoms with Gasteiger partial charge in [0.05, 0.1) is 17.9 Å². The normalized spacial score (nSPS) is 10.4. The number of para-hydroxylation sites is 2. The number of hydrogen-bond acceptors (Lipinski definition) is 5. The number of nitrogens with zero attached hydrogens (tertiary/aromatic N) is 3. The molecule has 0 atom stereocenters. The van der Waals surface area contributed by atoms with E-state index in [-0.39, 0.29) is 5.91 Å². The standard InChI is InChI=1S/C19H26N4O2/c1-4-11-23(12-5-2)18(24)15-13-20-19(21-14-15)22-16-9-7-8-10-17(16)25-6-3/h7-10,13-14H,4-6,11-12H2,1-3H3,(H,20,21,22). The Bertz CT molecular complexity index is 667. The van der Waals surface area contributed by atoms with Gasteiger partial charge in [0.2, 0.25) is 5.95 Å². The van der Waals surface area contributed by atoms with E-state index in [1.165, 1.54) is 0 Å². The first-order chi connectivity index (χ1) is 12.2. The van der Waals surface area contributed by atoms with E-state index in [2.05, 4.69) is 29.1 Å². The van der Waals surface area contributed by atoms with Crippen molar-refractivity contribution in [2.45, 2.75) is 33.6 Å². The van der Waals surface area contributed by atoms with Crippen molar-refractivity contribution >= 4 is 17.5 Å². The van der Waals surface area contributed by atoms with Crippen LogP contribution < -0.4 is 10.1 Å². The van der Waals surface area contributed by atoms with E-state index < -0.39 is 0 Å². The summed E-state index contributed by atoms with van der Waals surface area (Å²) < 4.78 is 5.58. The van der Waals surface area contributed by atoms with E-state index in [1.54, 1.807) is 12.4 Å². The molecular formula is C19H26N4O2. The minimum Gasteiger partial charge on any atom is -0.492 e. The lowest BCUT2D eigenvalue weighted by Crippen LogP contribution is -2.32. The molecule has 0 aliphatic rings. The van der Waals surface area contributed by atoms with Crippen molar-refractivity contribution in [3.63, 3.8) is 0 Å². The molecular weight excluding hydrogens is 316 g/mol. The lowest BCUT2D eigenvalue weighted by Gasteiger charge is -2.21. The highest BCUT2D eigenvalue weighted by Crippen LogP contribution is 2.25. The number of amides is 1. The number of carbonyl (C=O) groups is 1. The predicted molar refractivity (Wildman–Crippen MR) is 99.4 cm³/mol. The summed E-state index contributed by atoms with van der Waals surface area (Å²) in [6, 6.07) is 7.61. The van der Waals surface area contributed by atoms with Crippen LogP contribution in [0.15, 0.2) is 36.7 Å². The molecule has 0 bridgehead atoms. The lowest BCUT2D eigenvalue weighted by atomic mass is 10.2. The van der Waals surface area contributed by atoms with Gasteiger partial charge in [0.1, 0.15) is 5.75 Å². The zero-order valence-electron chi connectivity index (χ0n) is 15.2. The van der Waals surface area contributed by atoms with Gasteiger partial charge in [0, 0.05) is 25.5 Å². The van der Waals surface area contributed by atoms with Gasteiger partial charge in [-0.05, 0) is 31.9 Å². The van der Waals surface area contributed by atoms with Crippen molar-refractivity contribution in [2.75, 3.05) is 25.0 Å². The first-order valence-electron chi connectivity index (χ1n) is 8.79. The highest BCUT2D eigenvalue weighted by molar-refractivity contribution is 5.93. The first kappa shape index (κ1) is 18.7. The first-order valence-corrected chi connectivity index (χ1v) is 8.79. The van der Waals surface area contributed by atoms with E-state index in [0.717, 1.165) is 37.4 Å². The smallest absolute Gasteiger partial charge is 0.256 e. The quantitative estimate of drug-likeness (QED) is 0.749. The van der Waals surface area contributed by atoms with Crippen molar-refractivity contribution in [1.29, 1.82) is 0 Å². The number of anilines is 2. The summed E-state index contributed by atoms with van der Waals surface area (Å²) in [5.74, 6) is 1.15. The van der Waals surface area contributed by atoms with E-state index in [1.807, 2.05) is 36.1 Å². The Morgan fingerprint density at radius 2 is 1.72 bits per heavy atom. The molecule has 6 heteroatoms. The Hall–Kier alpha value is -2.63. The molecule has 0 saturated heterocycles. The SMILES string of the molecule is CCCN(CCC)C(=O)c1cnc(Nc2ccccc2OCC)nc1. The molecule has 1 aromatic heterocycles. The fourth-order valence-corrected chi connectivity index (χ4v) is 2.51. The second kappa shape index (κ2) is 9.61. The highest BCUT2D eigenvalue weighted by atomic mass is 16.5. The minimum absolute atomic E-state index is 0.0232. The van der Waals surface area contributed by atoms with E-state index in [4.69, 9.17) is 4.74 Å². The molecule has 25 heavy (non-hydrogen) atoms. The topological polar surface area (TPSA) is 67.4 Å². The molecule has 0 unspecified atom stereocenters. The molecule has 1 aromatic carbocycles. The molecule has 134 valence electrons. The Morgan fingerprint density at radius 3 is 2.32 bits per heavy atom. The van der Waals surface area contributed by atoms with Gasteiger partial charge in [0.15, 0.2) is 0 Å². The predicted octanol–water partition coefficient (Wildman–Crippen LogP) is 3.88. The molecule has 2 aromatic rings. The van der Waals surface area contributed by atoms with E-state index in [9.17, 15) is 4.79 Å². The van der Waals surface area contributed by atoms with Gasteiger partial charge in [0.25, 0.3) is 5.91 Å². The van der Waals surface area contributed by atoms with E-state index >= 15 is 0 Å². The van der Waals surface area contributed by atoms with Crippen molar-refractivity contribution in [1.82, 2.24) is 14.9 Å². The van der Waals surface area contributed by atoms with Gasteiger partial charge in [-0.25, -0.2) is 9.97 Å². The Kier molecular flexibility index (Phi) is 7.19. The van der Waals surface area contributed by atoms with Gasteiger partial charge in [-0.1, -0.05) is 26.0 Å². The molecule has 2 rings (SSSR count). The molecule has 1 N–H and O–H groups in total. The van der Waals surface area contributed by atoms with Crippen LogP contribution in [-0.2, 0) is 0 Å². The van der Waals surface area contributed by atoms with Crippen LogP contribution in [0.1, 0.15) is 44.0 Å². The van der Waals surface area contributed by atoms with Gasteiger partial charge in [-0.3, -0.25) is 4.79 Å². The minimum atomic E-state index is -0.0232. The second-order valence-electron chi connectivity index (χ2n) is 5.64. The summed E-state index contributed by atoms with van der Waals surface area (Å²) in [7, 11) is 0. The largest absolute Gasteiger partial charge is 0.492 e. The number of carbonyl (C=O) groups excluding carboxylic acids is 1. The maximum Gasteiger partial charge on any atom is 0.256 e. The number of hydrogen-bond donors (Lipinski definition) is 1. The Labute approximate surface area is 149 Å². The summed E-state index contributed by atoms with van der Waals surface area (Å²) in [5.41, 5.74) is 1.30. The van der Waals surface area contributed by atoms with Gasteiger partial charge in [-0.2, -0.15) is 0 Å². The van der Waals surface area contributed by atoms with Crippen molar-refractivity contribution in [3.05, 3.63) is 42.2 Å². The molecule has 0 spiro atoms. The maximum atomic E-state index is 12.5. The number of ether oxygens (including phenoxy) is 1. The van der Waals surface area contributed by atoms with Crippen LogP contribution in [0.25, 0.3) is 0 Å². The van der Waals surface area contributed by atoms with Crippen LogP contribution in [-0.4, -0.2) is 40.5 Å². The third kappa shape index (κ3) is 5.17. The molecule has 1 amide bonds. The Morgan fingerprint density at radius 1 is 1.08 bits per heavy atom. The van der Waals surface area contributed by atoms with Gasteiger partial charge < -0.3 is 15.0 Å². The second-order valence-corrected chi connectivity index (χ2v) is 5.64. The summed E-state index contributed by atoms with van der Waals surface area (Å²) >= 11 is 0. The molecule has 0 fully saturated rings. The van der Waals surface area contributed by atoms with Gasteiger partial charge >= 0.3 is 0 Å². The van der Waals surface area contributed by atoms with Crippen molar-refractivity contribution < 1.29 is 9.53 Å². The lowest BCUT2D eigenvalue weighted by molar-refractivity contribution is 0.0754. The van der Waals surface area contributed by atoms with Crippen molar-refractivity contribution in [2.24, 2.45) is 0 Å². The molecule has 1 heterocycles. The number of benzene rings is 1. The maximum absolute atomic E-state index is 12.5. The van der Waals surface area contributed by atoms with Crippen LogP contribution in [0, 0.1) is 0 Å². The van der Waals surface area contributed by atoms with Crippen molar-refractivity contribution in [3.8, 4) is 5.75 Å². The third-order valence-corrected chi connectivity index (χ3v) is 3.61. The average molecular weight is 342 g/mol. The number of nitrogens with one attached hydrogen (secondary N) is 1. The fraction of sp³-hybridized carbons (Fsp3) is 0.421. The molecule has 0 radical (unpaired) electrons. The highest BCUT2D eigenvalue weighted by Gasteiger charge is 2.15. The van der Waals surface area contributed by atoms with Crippen LogP contribution >= 0.6 is 0 Å². The van der Waals surface area contributed by atoms with Crippen LogP contribution in [0.3, 0.4) is 0 Å². The molecule has 0 saturated carbocycles. The summed E-state index contributed by atoms with van der Waals surface area (Å²) in [6.07, 6.45) is 5.00.